The van der Waals surface area contributed by atoms with Crippen LogP contribution in [0.15, 0.2) is 29.3 Å². The van der Waals surface area contributed by atoms with Gasteiger partial charge in [0.1, 0.15) is 5.65 Å². The number of pyridine rings is 1. The topological polar surface area (TPSA) is 55.1 Å². The van der Waals surface area contributed by atoms with Crippen molar-refractivity contribution in [2.24, 2.45) is 0 Å². The van der Waals surface area contributed by atoms with Gasteiger partial charge in [0.25, 0.3) is 0 Å². The number of thioether (sulfide) groups is 1. The van der Waals surface area contributed by atoms with E-state index in [0.29, 0.717) is 0 Å². The summed E-state index contributed by atoms with van der Waals surface area (Å²) < 4.78 is 2.13. The quantitative estimate of drug-likeness (QED) is 0.675. The Labute approximate surface area is 115 Å². The minimum Gasteiger partial charge on any atom is -0.478 e. The maximum atomic E-state index is 10.9. The van der Waals surface area contributed by atoms with Crippen molar-refractivity contribution in [3.05, 3.63) is 30.1 Å². The average molecular weight is 274 g/mol. The Balaban J connectivity index is 2.26. The van der Waals surface area contributed by atoms with E-state index >= 15 is 0 Å². The summed E-state index contributed by atoms with van der Waals surface area (Å²) in [5.74, 6) is -0.883. The Bertz CT molecular complexity index is 688. The van der Waals surface area contributed by atoms with Gasteiger partial charge in [-0.15, -0.1) is 11.8 Å². The molecule has 0 saturated carbocycles. The maximum absolute atomic E-state index is 10.9. The molecular formula is C14H14N2O2S. The number of rotatable bonds is 2. The molecule has 0 bridgehead atoms. The number of carboxylic acids is 1. The van der Waals surface area contributed by atoms with Crippen LogP contribution in [0.1, 0.15) is 18.5 Å². The van der Waals surface area contributed by atoms with E-state index in [1.165, 1.54) is 11.0 Å². The van der Waals surface area contributed by atoms with E-state index < -0.39 is 5.97 Å². The van der Waals surface area contributed by atoms with Crippen LogP contribution in [0.3, 0.4) is 0 Å². The zero-order valence-electron chi connectivity index (χ0n) is 10.6. The fourth-order valence-electron chi connectivity index (χ4n) is 2.65. The van der Waals surface area contributed by atoms with Crippen LogP contribution in [0.2, 0.25) is 0 Å². The number of carbonyl (C=O) groups is 1. The highest BCUT2D eigenvalue weighted by Gasteiger charge is 2.19. The van der Waals surface area contributed by atoms with Gasteiger partial charge < -0.3 is 9.67 Å². The molecule has 1 N–H and O–H groups in total. The lowest BCUT2D eigenvalue weighted by atomic mass is 10.0. The number of aliphatic carboxylic acids is 1. The summed E-state index contributed by atoms with van der Waals surface area (Å²) in [5.41, 5.74) is 2.85. The Hall–Kier alpha value is -1.75. The third-order valence-electron chi connectivity index (χ3n) is 3.43. The lowest BCUT2D eigenvalue weighted by molar-refractivity contribution is -0.131. The van der Waals surface area contributed by atoms with E-state index in [1.54, 1.807) is 11.8 Å². The van der Waals surface area contributed by atoms with Crippen molar-refractivity contribution in [1.29, 1.82) is 0 Å². The number of aromatic nitrogens is 2. The summed E-state index contributed by atoms with van der Waals surface area (Å²) in [6.45, 7) is 0.903. The summed E-state index contributed by atoms with van der Waals surface area (Å²) in [5, 5.41) is 10.1. The molecular weight excluding hydrogens is 260 g/mol. The van der Waals surface area contributed by atoms with E-state index in [-0.39, 0.29) is 0 Å². The first-order valence-electron chi connectivity index (χ1n) is 6.17. The van der Waals surface area contributed by atoms with Crippen LogP contribution in [-0.2, 0) is 11.3 Å². The minimum atomic E-state index is -0.883. The van der Waals surface area contributed by atoms with Crippen LogP contribution in [0.5, 0.6) is 0 Å². The molecule has 2 aromatic rings. The molecule has 98 valence electrons. The van der Waals surface area contributed by atoms with Gasteiger partial charge in [-0.2, -0.15) is 0 Å². The number of allylic oxidation sites excluding steroid dienone is 1. The van der Waals surface area contributed by atoms with Crippen molar-refractivity contribution in [2.45, 2.75) is 24.3 Å². The Morgan fingerprint density at radius 1 is 1.58 bits per heavy atom. The molecule has 3 heterocycles. The van der Waals surface area contributed by atoms with Gasteiger partial charge in [0.05, 0.1) is 0 Å². The molecule has 0 aliphatic carbocycles. The van der Waals surface area contributed by atoms with Crippen LogP contribution in [0, 0.1) is 0 Å². The maximum Gasteiger partial charge on any atom is 0.328 e. The van der Waals surface area contributed by atoms with Crippen LogP contribution in [-0.4, -0.2) is 26.9 Å². The Kier molecular flexibility index (Phi) is 3.06. The third-order valence-corrected chi connectivity index (χ3v) is 4.23. The van der Waals surface area contributed by atoms with Crippen LogP contribution < -0.4 is 0 Å². The highest BCUT2D eigenvalue weighted by Crippen LogP contribution is 2.34. The molecule has 3 rings (SSSR count). The van der Waals surface area contributed by atoms with Crippen molar-refractivity contribution in [1.82, 2.24) is 9.55 Å². The molecule has 0 unspecified atom stereocenters. The number of fused-ring (bicyclic) bond motifs is 3. The van der Waals surface area contributed by atoms with Gasteiger partial charge >= 0.3 is 5.97 Å². The molecule has 1 aliphatic heterocycles. The van der Waals surface area contributed by atoms with E-state index in [9.17, 15) is 4.79 Å². The van der Waals surface area contributed by atoms with Crippen LogP contribution in [0.25, 0.3) is 16.6 Å². The van der Waals surface area contributed by atoms with Gasteiger partial charge in [0.15, 0.2) is 0 Å². The summed E-state index contributed by atoms with van der Waals surface area (Å²) in [4.78, 5) is 16.5. The second-order valence-corrected chi connectivity index (χ2v) is 5.39. The van der Waals surface area contributed by atoms with Gasteiger partial charge in [0, 0.05) is 34.8 Å². The van der Waals surface area contributed by atoms with Crippen LogP contribution in [0.4, 0.5) is 0 Å². The number of carboxylic acid groups (broad SMARTS) is 1. The minimum absolute atomic E-state index is 0.817. The second kappa shape index (κ2) is 4.74. The predicted octanol–water partition coefficient (Wildman–Crippen LogP) is 3.02. The van der Waals surface area contributed by atoms with Crippen molar-refractivity contribution in [3.8, 4) is 0 Å². The SMILES string of the molecule is CSc1ccnc2c1cc1n2CCC/C1=C/C(=O)O. The molecule has 19 heavy (non-hydrogen) atoms. The molecule has 0 amide bonds. The van der Waals surface area contributed by atoms with Gasteiger partial charge in [-0.1, -0.05) is 0 Å². The normalized spacial score (nSPS) is 16.8. The molecule has 4 nitrogen and oxygen atoms in total. The monoisotopic (exact) mass is 274 g/mol. The number of aryl methyl sites for hydroxylation is 1. The highest BCUT2D eigenvalue weighted by atomic mass is 32.2. The summed E-state index contributed by atoms with van der Waals surface area (Å²) >= 11 is 1.69. The van der Waals surface area contributed by atoms with E-state index in [2.05, 4.69) is 15.6 Å². The Morgan fingerprint density at radius 3 is 3.16 bits per heavy atom. The molecule has 0 spiro atoms. The number of hydrogen-bond donors (Lipinski definition) is 1. The fraction of sp³-hybridized carbons (Fsp3) is 0.286. The van der Waals surface area contributed by atoms with E-state index in [1.807, 2.05) is 18.5 Å². The largest absolute Gasteiger partial charge is 0.478 e. The lowest BCUT2D eigenvalue weighted by Crippen LogP contribution is -2.10. The fourth-order valence-corrected chi connectivity index (χ4v) is 3.21. The van der Waals surface area contributed by atoms with Crippen LogP contribution >= 0.6 is 11.8 Å². The third kappa shape index (κ3) is 2.04. The average Bonchev–Trinajstić information content (AvgIpc) is 2.78. The first-order valence-corrected chi connectivity index (χ1v) is 7.39. The van der Waals surface area contributed by atoms with Crippen molar-refractivity contribution in [3.63, 3.8) is 0 Å². The van der Waals surface area contributed by atoms with Gasteiger partial charge in [-0.25, -0.2) is 9.78 Å². The van der Waals surface area contributed by atoms with E-state index in [0.717, 1.165) is 41.7 Å². The van der Waals surface area contributed by atoms with Gasteiger partial charge in [-0.3, -0.25) is 0 Å². The molecule has 0 aromatic carbocycles. The van der Waals surface area contributed by atoms with Gasteiger partial charge in [0.2, 0.25) is 0 Å². The molecule has 0 saturated heterocycles. The zero-order valence-corrected chi connectivity index (χ0v) is 11.4. The molecule has 0 radical (unpaired) electrons. The first kappa shape index (κ1) is 12.3. The molecule has 2 aromatic heterocycles. The first-order chi connectivity index (χ1) is 9.20. The second-order valence-electron chi connectivity index (χ2n) is 4.54. The standard InChI is InChI=1S/C14H14N2O2S/c1-19-12-4-5-15-14-10(12)8-11-9(7-13(17)18)3-2-6-16(11)14/h4-5,7-8H,2-3,6H2,1H3,(H,17,18)/b9-7-. The van der Waals surface area contributed by atoms with Crippen molar-refractivity contribution < 1.29 is 9.90 Å². The molecule has 0 atom stereocenters. The summed E-state index contributed by atoms with van der Waals surface area (Å²) in [7, 11) is 0. The Morgan fingerprint density at radius 2 is 2.42 bits per heavy atom. The number of nitrogens with zero attached hydrogens (tertiary/aromatic N) is 2. The molecule has 5 heteroatoms. The highest BCUT2D eigenvalue weighted by molar-refractivity contribution is 7.98. The predicted molar refractivity (Wildman–Crippen MR) is 76.4 cm³/mol. The van der Waals surface area contributed by atoms with E-state index in [4.69, 9.17) is 5.11 Å². The zero-order chi connectivity index (χ0) is 13.4. The van der Waals surface area contributed by atoms with Gasteiger partial charge in [-0.05, 0) is 36.8 Å². The molecule has 1 aliphatic rings. The summed E-state index contributed by atoms with van der Waals surface area (Å²) in [6.07, 6.45) is 6.96. The smallest absolute Gasteiger partial charge is 0.328 e. The summed E-state index contributed by atoms with van der Waals surface area (Å²) in [6, 6.07) is 4.07. The van der Waals surface area contributed by atoms with Crippen molar-refractivity contribution in [2.75, 3.05) is 6.26 Å². The lowest BCUT2D eigenvalue weighted by Gasteiger charge is -2.18. The molecule has 0 fully saturated rings. The van der Waals surface area contributed by atoms with Crippen molar-refractivity contribution >= 4 is 34.3 Å². The number of hydrogen-bond acceptors (Lipinski definition) is 3.